The van der Waals surface area contributed by atoms with Crippen molar-refractivity contribution in [3.8, 4) is 17.4 Å². The van der Waals surface area contributed by atoms with E-state index < -0.39 is 22.8 Å². The molecule has 1 aromatic carbocycles. The second-order valence-corrected chi connectivity index (χ2v) is 7.27. The number of β-amino-alcohol motifs (C(OH)–C–C–N with tert-alkyl or cyclic N) is 1. The molecule has 158 valence electrons. The van der Waals surface area contributed by atoms with Crippen LogP contribution in [0.3, 0.4) is 0 Å². The van der Waals surface area contributed by atoms with Crippen LogP contribution >= 0.6 is 11.6 Å². The van der Waals surface area contributed by atoms with Gasteiger partial charge in [0.1, 0.15) is 28.2 Å². The van der Waals surface area contributed by atoms with E-state index in [4.69, 9.17) is 16.0 Å². The molecule has 2 heterocycles. The number of nitro groups is 1. The second kappa shape index (κ2) is 8.55. The molecule has 1 unspecified atom stereocenters. The van der Waals surface area contributed by atoms with Crippen LogP contribution in [0.1, 0.15) is 19.6 Å². The van der Waals surface area contributed by atoms with Crippen molar-refractivity contribution < 1.29 is 24.0 Å². The minimum atomic E-state index is -0.969. The Hall–Kier alpha value is -3.74. The molecular weight excluding hydrogens is 426 g/mol. The van der Waals surface area contributed by atoms with Crippen LogP contribution in [0.25, 0.3) is 17.4 Å². The maximum Gasteiger partial charge on any atom is 0.288 e. The Morgan fingerprint density at radius 1 is 1.32 bits per heavy atom. The molecule has 0 aliphatic carbocycles. The number of nitro benzene ring substituents is 1. The van der Waals surface area contributed by atoms with Crippen molar-refractivity contribution in [1.29, 1.82) is 5.26 Å². The second-order valence-electron chi connectivity index (χ2n) is 6.87. The molecule has 0 spiro atoms. The van der Waals surface area contributed by atoms with Gasteiger partial charge >= 0.3 is 0 Å². The van der Waals surface area contributed by atoms with E-state index in [1.165, 1.54) is 32.1 Å². The number of carbonyl (C=O) groups is 2. The molecule has 1 aromatic heterocycles. The van der Waals surface area contributed by atoms with Crippen LogP contribution in [0, 0.1) is 21.4 Å². The van der Waals surface area contributed by atoms with Crippen LogP contribution in [0.15, 0.2) is 51.5 Å². The highest BCUT2D eigenvalue weighted by molar-refractivity contribution is 6.32. The summed E-state index contributed by atoms with van der Waals surface area (Å²) in [6, 6.07) is 9.12. The molecule has 1 aliphatic heterocycles. The fraction of sp³-hybridized carbons (Fsp3) is 0.190. The molecule has 31 heavy (non-hydrogen) atoms. The fourth-order valence-electron chi connectivity index (χ4n) is 3.09. The SMILES string of the molecule is CC1=C(C#N)C(=O)N(CC(C)O)C(=O)/C1=C/c1ccc(-c2ccc(Cl)c([N+](=O)[O-])c2)o1. The Morgan fingerprint density at radius 3 is 2.65 bits per heavy atom. The van der Waals surface area contributed by atoms with Crippen LogP contribution in [0.2, 0.25) is 5.02 Å². The minimum absolute atomic E-state index is 0.0110. The topological polar surface area (TPSA) is 138 Å². The van der Waals surface area contributed by atoms with E-state index in [0.717, 1.165) is 4.90 Å². The first-order valence-corrected chi connectivity index (χ1v) is 9.43. The molecule has 1 atom stereocenters. The van der Waals surface area contributed by atoms with E-state index in [0.29, 0.717) is 11.3 Å². The lowest BCUT2D eigenvalue weighted by Crippen LogP contribution is -2.45. The fourth-order valence-corrected chi connectivity index (χ4v) is 3.28. The maximum atomic E-state index is 12.8. The zero-order valence-corrected chi connectivity index (χ0v) is 17.2. The molecule has 0 fully saturated rings. The van der Waals surface area contributed by atoms with Gasteiger partial charge in [0.25, 0.3) is 17.5 Å². The Morgan fingerprint density at radius 2 is 2.03 bits per heavy atom. The third-order valence-electron chi connectivity index (χ3n) is 4.61. The number of halogens is 1. The number of hydrogen-bond acceptors (Lipinski definition) is 7. The van der Waals surface area contributed by atoms with Crippen molar-refractivity contribution in [2.24, 2.45) is 0 Å². The van der Waals surface area contributed by atoms with Gasteiger partial charge in [-0.25, -0.2) is 0 Å². The number of aliphatic hydroxyl groups excluding tert-OH is 1. The summed E-state index contributed by atoms with van der Waals surface area (Å²) >= 11 is 5.83. The first-order chi connectivity index (χ1) is 14.6. The van der Waals surface area contributed by atoms with Gasteiger partial charge in [-0.1, -0.05) is 11.6 Å². The average Bonchev–Trinajstić information content (AvgIpc) is 3.17. The number of imide groups is 1. The quantitative estimate of drug-likeness (QED) is 0.324. The maximum absolute atomic E-state index is 12.8. The van der Waals surface area contributed by atoms with Crippen molar-refractivity contribution >= 4 is 35.2 Å². The largest absolute Gasteiger partial charge is 0.457 e. The van der Waals surface area contributed by atoms with E-state index in [1.54, 1.807) is 24.3 Å². The zero-order chi connectivity index (χ0) is 22.9. The monoisotopic (exact) mass is 441 g/mol. The van der Waals surface area contributed by atoms with Gasteiger partial charge in [-0.05, 0) is 49.8 Å². The van der Waals surface area contributed by atoms with Gasteiger partial charge in [0, 0.05) is 17.2 Å². The third kappa shape index (κ3) is 4.26. The number of nitriles is 1. The van der Waals surface area contributed by atoms with Crippen molar-refractivity contribution in [2.45, 2.75) is 20.0 Å². The molecule has 1 N–H and O–H groups in total. The number of nitrogens with zero attached hydrogens (tertiary/aromatic N) is 3. The van der Waals surface area contributed by atoms with Gasteiger partial charge in [-0.3, -0.25) is 24.6 Å². The predicted octanol–water partition coefficient (Wildman–Crippen LogP) is 3.48. The molecule has 0 saturated carbocycles. The Bertz CT molecular complexity index is 1200. The van der Waals surface area contributed by atoms with Crippen LogP contribution in [0.5, 0.6) is 0 Å². The van der Waals surface area contributed by atoms with Gasteiger partial charge in [-0.2, -0.15) is 5.26 Å². The summed E-state index contributed by atoms with van der Waals surface area (Å²) < 4.78 is 5.70. The van der Waals surface area contributed by atoms with E-state index >= 15 is 0 Å². The van der Waals surface area contributed by atoms with Gasteiger partial charge < -0.3 is 9.52 Å². The standard InChI is InChI=1S/C21H16ClN3O6/c1-11(26)10-24-20(27)15(12(2)16(9-23)21(24)28)8-14-4-6-19(31-14)13-3-5-17(22)18(7-13)25(29)30/h3-8,11,26H,10H2,1-2H3/b15-8+. The Balaban J connectivity index is 2.03. The van der Waals surface area contributed by atoms with Crippen molar-refractivity contribution in [1.82, 2.24) is 4.90 Å². The summed E-state index contributed by atoms with van der Waals surface area (Å²) in [6.07, 6.45) is 0.410. The molecular formula is C21H16ClN3O6. The van der Waals surface area contributed by atoms with Crippen molar-refractivity contribution in [3.05, 3.63) is 67.9 Å². The third-order valence-corrected chi connectivity index (χ3v) is 4.93. The van der Waals surface area contributed by atoms with Crippen LogP contribution in [-0.4, -0.2) is 39.4 Å². The van der Waals surface area contributed by atoms with E-state index in [-0.39, 0.29) is 39.7 Å². The smallest absolute Gasteiger partial charge is 0.288 e. The summed E-state index contributed by atoms with van der Waals surface area (Å²) in [4.78, 5) is 36.6. The minimum Gasteiger partial charge on any atom is -0.457 e. The summed E-state index contributed by atoms with van der Waals surface area (Å²) in [5, 5.41) is 30.1. The molecule has 0 radical (unpaired) electrons. The van der Waals surface area contributed by atoms with Crippen LogP contribution in [0.4, 0.5) is 5.69 Å². The highest BCUT2D eigenvalue weighted by Crippen LogP contribution is 2.33. The molecule has 10 heteroatoms. The predicted molar refractivity (Wildman–Crippen MR) is 110 cm³/mol. The number of amides is 2. The first-order valence-electron chi connectivity index (χ1n) is 9.05. The number of aliphatic hydroxyl groups is 1. The molecule has 1 aliphatic rings. The van der Waals surface area contributed by atoms with E-state index in [9.17, 15) is 30.1 Å². The van der Waals surface area contributed by atoms with E-state index in [1.807, 2.05) is 0 Å². The van der Waals surface area contributed by atoms with Gasteiger partial charge in [-0.15, -0.1) is 0 Å². The molecule has 2 aromatic rings. The highest BCUT2D eigenvalue weighted by Gasteiger charge is 2.36. The Labute approximate surface area is 181 Å². The number of hydrogen-bond donors (Lipinski definition) is 1. The van der Waals surface area contributed by atoms with Crippen LogP contribution < -0.4 is 0 Å². The lowest BCUT2D eigenvalue weighted by atomic mass is 9.94. The molecule has 0 saturated heterocycles. The molecule has 9 nitrogen and oxygen atoms in total. The number of furan rings is 1. The van der Waals surface area contributed by atoms with E-state index in [2.05, 4.69) is 0 Å². The number of carbonyl (C=O) groups excluding carboxylic acids is 2. The van der Waals surface area contributed by atoms with Gasteiger partial charge in [0.05, 0.1) is 17.6 Å². The van der Waals surface area contributed by atoms with Crippen LogP contribution in [-0.2, 0) is 9.59 Å². The first kappa shape index (κ1) is 22.0. The summed E-state index contributed by atoms with van der Waals surface area (Å²) in [5.74, 6) is -0.896. The lowest BCUT2D eigenvalue weighted by molar-refractivity contribution is -0.384. The zero-order valence-electron chi connectivity index (χ0n) is 16.5. The summed E-state index contributed by atoms with van der Waals surface area (Å²) in [7, 11) is 0. The molecule has 2 amide bonds. The highest BCUT2D eigenvalue weighted by atomic mass is 35.5. The Kier molecular flexibility index (Phi) is 6.06. The molecule has 3 rings (SSSR count). The van der Waals surface area contributed by atoms with Gasteiger partial charge in [0.15, 0.2) is 0 Å². The van der Waals surface area contributed by atoms with Gasteiger partial charge in [0.2, 0.25) is 0 Å². The number of rotatable bonds is 5. The summed E-state index contributed by atoms with van der Waals surface area (Å²) in [6.45, 7) is 2.64. The summed E-state index contributed by atoms with van der Waals surface area (Å²) in [5.41, 5.74) is 0.195. The normalized spacial score (nSPS) is 16.6. The van der Waals surface area contributed by atoms with Crippen molar-refractivity contribution in [2.75, 3.05) is 6.54 Å². The number of benzene rings is 1. The molecule has 0 bridgehead atoms. The lowest BCUT2D eigenvalue weighted by Gasteiger charge is -2.28. The van der Waals surface area contributed by atoms with Crippen molar-refractivity contribution in [3.63, 3.8) is 0 Å². The average molecular weight is 442 g/mol.